The molecule has 0 saturated carbocycles. The Labute approximate surface area is 157 Å². The lowest BCUT2D eigenvalue weighted by Crippen LogP contribution is -2.44. The number of aryl methyl sites for hydroxylation is 3. The molecule has 2 aliphatic rings. The van der Waals surface area contributed by atoms with Crippen LogP contribution in [0.5, 0.6) is 0 Å². The molecule has 8 nitrogen and oxygen atoms in total. The molecule has 27 heavy (non-hydrogen) atoms. The van der Waals surface area contributed by atoms with Gasteiger partial charge < -0.3 is 14.3 Å². The molecule has 4 rings (SSSR count). The zero-order valence-corrected chi connectivity index (χ0v) is 16.0. The van der Waals surface area contributed by atoms with Crippen molar-refractivity contribution in [3.8, 4) is 0 Å². The zero-order chi connectivity index (χ0) is 19.2. The van der Waals surface area contributed by atoms with Crippen molar-refractivity contribution in [3.05, 3.63) is 34.5 Å². The SMILES string of the molecule is Cc1cc(C(=O)N2CCC3(CC2)CC(=O)N(Cc2c(C)noc2C)C3)n[nH]1. The smallest absolute Gasteiger partial charge is 0.274 e. The van der Waals surface area contributed by atoms with Crippen LogP contribution in [0.15, 0.2) is 10.6 Å². The minimum atomic E-state index is -0.0360. The molecule has 2 amide bonds. The zero-order valence-electron chi connectivity index (χ0n) is 16.0. The van der Waals surface area contributed by atoms with Crippen LogP contribution < -0.4 is 0 Å². The summed E-state index contributed by atoms with van der Waals surface area (Å²) in [5.41, 5.74) is 3.15. The normalized spacial score (nSPS) is 19.3. The number of carbonyl (C=O) groups is 2. The average molecular weight is 371 g/mol. The van der Waals surface area contributed by atoms with Gasteiger partial charge in [-0.05, 0) is 39.7 Å². The third-order valence-corrected chi connectivity index (χ3v) is 5.97. The third kappa shape index (κ3) is 3.24. The number of piperidine rings is 1. The molecule has 0 unspecified atom stereocenters. The molecular formula is C19H25N5O3. The van der Waals surface area contributed by atoms with Crippen molar-refractivity contribution >= 4 is 11.8 Å². The summed E-state index contributed by atoms with van der Waals surface area (Å²) in [6, 6.07) is 1.77. The van der Waals surface area contributed by atoms with Gasteiger partial charge in [-0.3, -0.25) is 14.7 Å². The largest absolute Gasteiger partial charge is 0.361 e. The van der Waals surface area contributed by atoms with Crippen LogP contribution in [0.25, 0.3) is 0 Å². The molecule has 0 radical (unpaired) electrons. The van der Waals surface area contributed by atoms with E-state index in [-0.39, 0.29) is 17.2 Å². The fourth-order valence-corrected chi connectivity index (χ4v) is 4.25. The lowest BCUT2D eigenvalue weighted by atomic mass is 9.77. The number of aromatic nitrogens is 3. The van der Waals surface area contributed by atoms with Crippen LogP contribution >= 0.6 is 0 Å². The Hall–Kier alpha value is -2.64. The van der Waals surface area contributed by atoms with Crippen LogP contribution in [0, 0.1) is 26.2 Å². The summed E-state index contributed by atoms with van der Waals surface area (Å²) in [5.74, 6) is 0.916. The first-order chi connectivity index (χ1) is 12.9. The first kappa shape index (κ1) is 17.8. The molecule has 1 N–H and O–H groups in total. The number of nitrogens with zero attached hydrogens (tertiary/aromatic N) is 4. The maximum absolute atomic E-state index is 12.6. The molecule has 0 bridgehead atoms. The topological polar surface area (TPSA) is 95.3 Å². The lowest BCUT2D eigenvalue weighted by Gasteiger charge is -2.38. The summed E-state index contributed by atoms with van der Waals surface area (Å²) in [4.78, 5) is 29.0. The van der Waals surface area contributed by atoms with Gasteiger partial charge >= 0.3 is 0 Å². The summed E-state index contributed by atoms with van der Waals surface area (Å²) < 4.78 is 5.22. The van der Waals surface area contributed by atoms with Crippen LogP contribution in [-0.4, -0.2) is 56.6 Å². The second kappa shape index (κ2) is 6.51. The van der Waals surface area contributed by atoms with E-state index in [0.29, 0.717) is 31.7 Å². The Balaban J connectivity index is 1.40. The van der Waals surface area contributed by atoms with Gasteiger partial charge in [-0.25, -0.2) is 0 Å². The molecule has 4 heterocycles. The number of carbonyl (C=O) groups excluding carboxylic acids is 2. The maximum atomic E-state index is 12.6. The lowest BCUT2D eigenvalue weighted by molar-refractivity contribution is -0.128. The summed E-state index contributed by atoms with van der Waals surface area (Å²) >= 11 is 0. The molecule has 2 saturated heterocycles. The van der Waals surface area contributed by atoms with Gasteiger partial charge in [0.05, 0.1) is 12.2 Å². The molecule has 2 fully saturated rings. The van der Waals surface area contributed by atoms with Crippen molar-refractivity contribution in [3.63, 3.8) is 0 Å². The molecule has 2 aromatic rings. The quantitative estimate of drug-likeness (QED) is 0.890. The van der Waals surface area contributed by atoms with E-state index in [1.165, 1.54) is 0 Å². The standard InChI is InChI=1S/C19H25N5O3/c1-12-8-16(21-20-12)18(26)23-6-4-19(5-7-23)9-17(25)24(11-19)10-15-13(2)22-27-14(15)3/h8H,4-7,9-11H2,1-3H3,(H,20,21). The summed E-state index contributed by atoms with van der Waals surface area (Å²) in [5, 5.41) is 10.9. The van der Waals surface area contributed by atoms with Crippen molar-refractivity contribution < 1.29 is 14.1 Å². The van der Waals surface area contributed by atoms with Gasteiger partial charge in [0.25, 0.3) is 5.91 Å². The van der Waals surface area contributed by atoms with E-state index >= 15 is 0 Å². The molecule has 2 aromatic heterocycles. The molecule has 0 aromatic carbocycles. The Morgan fingerprint density at radius 1 is 1.30 bits per heavy atom. The summed E-state index contributed by atoms with van der Waals surface area (Å²) in [6.45, 7) is 8.28. The van der Waals surface area contributed by atoms with Gasteiger partial charge in [-0.2, -0.15) is 5.10 Å². The number of H-pyrrole nitrogens is 1. The molecule has 0 atom stereocenters. The van der Waals surface area contributed by atoms with E-state index in [1.807, 2.05) is 30.6 Å². The number of amides is 2. The molecule has 144 valence electrons. The van der Waals surface area contributed by atoms with Crippen LogP contribution in [0.4, 0.5) is 0 Å². The first-order valence-corrected chi connectivity index (χ1v) is 9.38. The van der Waals surface area contributed by atoms with Crippen LogP contribution in [0.2, 0.25) is 0 Å². The molecule has 2 aliphatic heterocycles. The number of likely N-dealkylation sites (tertiary alicyclic amines) is 2. The predicted molar refractivity (Wildman–Crippen MR) is 96.9 cm³/mol. The van der Waals surface area contributed by atoms with Gasteiger partial charge in [0, 0.05) is 42.7 Å². The van der Waals surface area contributed by atoms with Gasteiger partial charge in [-0.15, -0.1) is 0 Å². The summed E-state index contributed by atoms with van der Waals surface area (Å²) in [7, 11) is 0. The van der Waals surface area contributed by atoms with Crippen molar-refractivity contribution in [2.75, 3.05) is 19.6 Å². The van der Waals surface area contributed by atoms with E-state index in [4.69, 9.17) is 4.52 Å². The number of rotatable bonds is 3. The van der Waals surface area contributed by atoms with E-state index in [2.05, 4.69) is 15.4 Å². The van der Waals surface area contributed by atoms with Gasteiger partial charge in [0.15, 0.2) is 0 Å². The molecule has 0 aliphatic carbocycles. The van der Waals surface area contributed by atoms with Crippen LogP contribution in [0.1, 0.15) is 52.5 Å². The molecule has 8 heteroatoms. The fourth-order valence-electron chi connectivity index (χ4n) is 4.25. The predicted octanol–water partition coefficient (Wildman–Crippen LogP) is 1.98. The number of hydrogen-bond donors (Lipinski definition) is 1. The minimum Gasteiger partial charge on any atom is -0.361 e. The van der Waals surface area contributed by atoms with Crippen molar-refractivity contribution in [1.82, 2.24) is 25.2 Å². The fraction of sp³-hybridized carbons (Fsp3) is 0.579. The van der Waals surface area contributed by atoms with Crippen LogP contribution in [0.3, 0.4) is 0 Å². The second-order valence-electron chi connectivity index (χ2n) is 7.96. The highest BCUT2D eigenvalue weighted by Gasteiger charge is 2.45. The number of nitrogens with one attached hydrogen (secondary N) is 1. The Kier molecular flexibility index (Phi) is 4.28. The van der Waals surface area contributed by atoms with E-state index < -0.39 is 0 Å². The summed E-state index contributed by atoms with van der Waals surface area (Å²) in [6.07, 6.45) is 2.23. The Morgan fingerprint density at radius 2 is 2.04 bits per heavy atom. The Bertz CT molecular complexity index is 856. The first-order valence-electron chi connectivity index (χ1n) is 9.38. The monoisotopic (exact) mass is 371 g/mol. The van der Waals surface area contributed by atoms with Gasteiger partial charge in [0.2, 0.25) is 5.91 Å². The second-order valence-corrected chi connectivity index (χ2v) is 7.96. The van der Waals surface area contributed by atoms with Crippen LogP contribution in [-0.2, 0) is 11.3 Å². The van der Waals surface area contributed by atoms with E-state index in [1.54, 1.807) is 6.07 Å². The minimum absolute atomic E-state index is 0.0334. The van der Waals surface area contributed by atoms with Gasteiger partial charge in [0.1, 0.15) is 11.5 Å². The highest BCUT2D eigenvalue weighted by atomic mass is 16.5. The molecular weight excluding hydrogens is 346 g/mol. The van der Waals surface area contributed by atoms with E-state index in [0.717, 1.165) is 42.1 Å². The van der Waals surface area contributed by atoms with Gasteiger partial charge in [-0.1, -0.05) is 5.16 Å². The highest BCUT2D eigenvalue weighted by Crippen LogP contribution is 2.42. The number of aromatic amines is 1. The van der Waals surface area contributed by atoms with Crippen molar-refractivity contribution in [1.29, 1.82) is 0 Å². The van der Waals surface area contributed by atoms with Crippen molar-refractivity contribution in [2.45, 2.75) is 46.6 Å². The maximum Gasteiger partial charge on any atom is 0.274 e. The molecule has 1 spiro atoms. The highest BCUT2D eigenvalue weighted by molar-refractivity contribution is 5.92. The van der Waals surface area contributed by atoms with E-state index in [9.17, 15) is 9.59 Å². The van der Waals surface area contributed by atoms with Crippen molar-refractivity contribution in [2.24, 2.45) is 5.41 Å². The number of hydrogen-bond acceptors (Lipinski definition) is 5. The Morgan fingerprint density at radius 3 is 2.63 bits per heavy atom. The average Bonchev–Trinajstić information content (AvgIpc) is 3.30. The third-order valence-electron chi connectivity index (χ3n) is 5.97.